The Labute approximate surface area is 176 Å². The first-order valence-electron chi connectivity index (χ1n) is 10.1. The van der Waals surface area contributed by atoms with Crippen molar-refractivity contribution in [3.8, 4) is 0 Å². The molecule has 2 atom stereocenters. The Kier molecular flexibility index (Phi) is 5.73. The van der Waals surface area contributed by atoms with Gasteiger partial charge < -0.3 is 9.64 Å². The van der Waals surface area contributed by atoms with E-state index in [2.05, 4.69) is 0 Å². The summed E-state index contributed by atoms with van der Waals surface area (Å²) in [6.45, 7) is 0.121. The molecule has 2 aliphatic heterocycles. The minimum Gasteiger partial charge on any atom is -0.445 e. The zero-order valence-electron chi connectivity index (χ0n) is 16.6. The van der Waals surface area contributed by atoms with E-state index in [-0.39, 0.29) is 31.5 Å². The van der Waals surface area contributed by atoms with Crippen LogP contribution >= 0.6 is 0 Å². The zero-order valence-corrected chi connectivity index (χ0v) is 16.6. The van der Waals surface area contributed by atoms with Gasteiger partial charge in [-0.15, -0.1) is 0 Å². The van der Waals surface area contributed by atoms with Gasteiger partial charge >= 0.3 is 12.3 Å². The second-order valence-corrected chi connectivity index (χ2v) is 8.05. The van der Waals surface area contributed by atoms with Crippen molar-refractivity contribution in [3.05, 3.63) is 71.0 Å². The molecule has 2 saturated heterocycles. The highest BCUT2D eigenvalue weighted by atomic mass is 19.4. The highest BCUT2D eigenvalue weighted by Gasteiger charge is 2.47. The van der Waals surface area contributed by atoms with Crippen LogP contribution in [0, 0.1) is 11.7 Å². The van der Waals surface area contributed by atoms with Crippen LogP contribution < -0.4 is 0 Å². The van der Waals surface area contributed by atoms with Crippen LogP contribution in [0.2, 0.25) is 0 Å². The Morgan fingerprint density at radius 2 is 1.65 bits per heavy atom. The summed E-state index contributed by atoms with van der Waals surface area (Å²) in [7, 11) is 0. The fourth-order valence-corrected chi connectivity index (χ4v) is 4.67. The predicted molar refractivity (Wildman–Crippen MR) is 104 cm³/mol. The lowest BCUT2D eigenvalue weighted by atomic mass is 9.83. The number of benzene rings is 2. The first-order valence-corrected chi connectivity index (χ1v) is 10.1. The summed E-state index contributed by atoms with van der Waals surface area (Å²) in [5.41, 5.74) is -0.924. The number of piperidine rings is 1. The maximum atomic E-state index is 13.6. The molecule has 0 radical (unpaired) electrons. The van der Waals surface area contributed by atoms with E-state index >= 15 is 0 Å². The van der Waals surface area contributed by atoms with Gasteiger partial charge in [-0.3, -0.25) is 4.79 Å². The van der Waals surface area contributed by atoms with Gasteiger partial charge in [-0.05, 0) is 49.4 Å². The fraction of sp³-hybridized carbons (Fsp3) is 0.391. The summed E-state index contributed by atoms with van der Waals surface area (Å²) >= 11 is 0. The molecule has 0 aliphatic carbocycles. The van der Waals surface area contributed by atoms with Crippen molar-refractivity contribution in [2.45, 2.75) is 50.6 Å². The monoisotopic (exact) mass is 435 g/mol. The Morgan fingerprint density at radius 1 is 1.00 bits per heavy atom. The smallest absolute Gasteiger partial charge is 0.417 e. The highest BCUT2D eigenvalue weighted by molar-refractivity contribution is 5.99. The fourth-order valence-electron chi connectivity index (χ4n) is 4.67. The predicted octanol–water partition coefficient (Wildman–Crippen LogP) is 5.61. The van der Waals surface area contributed by atoms with Gasteiger partial charge in [-0.25, -0.2) is 9.18 Å². The maximum Gasteiger partial charge on any atom is 0.417 e. The number of rotatable bonds is 4. The number of carbonyl (C=O) groups excluding carboxylic acids is 2. The van der Waals surface area contributed by atoms with Crippen LogP contribution in [0.1, 0.15) is 47.2 Å². The minimum atomic E-state index is -4.75. The third kappa shape index (κ3) is 4.43. The Balaban J connectivity index is 1.46. The molecule has 8 heteroatoms. The molecule has 2 aromatic carbocycles. The second kappa shape index (κ2) is 8.32. The largest absolute Gasteiger partial charge is 0.445 e. The van der Waals surface area contributed by atoms with E-state index in [4.69, 9.17) is 4.74 Å². The molecular formula is C23H21F4NO3. The van der Waals surface area contributed by atoms with Crippen LogP contribution in [0.4, 0.5) is 22.4 Å². The van der Waals surface area contributed by atoms with Crippen LogP contribution in [-0.2, 0) is 17.5 Å². The number of Topliss-reactive ketones (excluding diaryl/α,β-unsaturated/α-hetero) is 1. The molecule has 2 bridgehead atoms. The highest BCUT2D eigenvalue weighted by Crippen LogP contribution is 2.42. The Bertz CT molecular complexity index is 963. The van der Waals surface area contributed by atoms with Crippen molar-refractivity contribution in [3.63, 3.8) is 0 Å². The second-order valence-electron chi connectivity index (χ2n) is 8.05. The quantitative estimate of drug-likeness (QED) is 0.464. The van der Waals surface area contributed by atoms with Gasteiger partial charge in [0, 0.05) is 23.6 Å². The van der Waals surface area contributed by atoms with Crippen LogP contribution in [-0.4, -0.2) is 28.9 Å². The van der Waals surface area contributed by atoms with Crippen LogP contribution in [0.5, 0.6) is 0 Å². The van der Waals surface area contributed by atoms with E-state index < -0.39 is 40.9 Å². The minimum absolute atomic E-state index is 0.121. The van der Waals surface area contributed by atoms with Crippen LogP contribution in [0.3, 0.4) is 0 Å². The number of amides is 1. The van der Waals surface area contributed by atoms with Gasteiger partial charge in [0.05, 0.1) is 5.56 Å². The standard InChI is InChI=1S/C23H21F4NO3/c24-16-6-9-20(23(25,26)27)19(12-16)21(29)15-10-17-7-8-18(11-15)28(17)22(30)31-13-14-4-2-1-3-5-14/h1-6,9,12,15,17-18H,7-8,10-11,13H2. The van der Waals surface area contributed by atoms with E-state index in [1.807, 2.05) is 30.3 Å². The summed E-state index contributed by atoms with van der Waals surface area (Å²) in [5.74, 6) is -2.30. The molecule has 0 spiro atoms. The summed E-state index contributed by atoms with van der Waals surface area (Å²) in [4.78, 5) is 27.2. The molecular weight excluding hydrogens is 414 g/mol. The molecule has 4 rings (SSSR count). The average Bonchev–Trinajstić information content (AvgIpc) is 3.00. The lowest BCUT2D eigenvalue weighted by Crippen LogP contribution is -2.48. The number of hydrogen-bond acceptors (Lipinski definition) is 3. The maximum absolute atomic E-state index is 13.6. The van der Waals surface area contributed by atoms with Crippen LogP contribution in [0.25, 0.3) is 0 Å². The molecule has 2 aliphatic rings. The van der Waals surface area contributed by atoms with Crippen molar-refractivity contribution < 1.29 is 31.9 Å². The van der Waals surface area contributed by atoms with E-state index in [0.29, 0.717) is 31.0 Å². The number of alkyl halides is 3. The Morgan fingerprint density at radius 3 is 2.26 bits per heavy atom. The van der Waals surface area contributed by atoms with Crippen molar-refractivity contribution in [1.82, 2.24) is 4.90 Å². The number of halogens is 4. The number of ketones is 1. The summed E-state index contributed by atoms with van der Waals surface area (Å²) < 4.78 is 59.0. The van der Waals surface area contributed by atoms with E-state index in [0.717, 1.165) is 5.56 Å². The van der Waals surface area contributed by atoms with Crippen molar-refractivity contribution in [1.29, 1.82) is 0 Å². The van der Waals surface area contributed by atoms with Gasteiger partial charge in [0.1, 0.15) is 12.4 Å². The Hall–Kier alpha value is -2.90. The molecule has 1 amide bonds. The van der Waals surface area contributed by atoms with E-state index in [1.165, 1.54) is 0 Å². The number of fused-ring (bicyclic) bond motifs is 2. The average molecular weight is 435 g/mol. The van der Waals surface area contributed by atoms with Crippen molar-refractivity contribution in [2.75, 3.05) is 0 Å². The SMILES string of the molecule is O=C(c1cc(F)ccc1C(F)(F)F)C1CC2CCC(C1)N2C(=O)OCc1ccccc1. The first kappa shape index (κ1) is 21.3. The topological polar surface area (TPSA) is 46.6 Å². The number of hydrogen-bond donors (Lipinski definition) is 0. The van der Waals surface area contributed by atoms with Gasteiger partial charge in [0.2, 0.25) is 0 Å². The molecule has 31 heavy (non-hydrogen) atoms. The molecule has 0 aromatic heterocycles. The lowest BCUT2D eigenvalue weighted by molar-refractivity contribution is -0.138. The number of carbonyl (C=O) groups is 2. The first-order chi connectivity index (χ1) is 14.7. The summed E-state index contributed by atoms with van der Waals surface area (Å²) in [6.07, 6.45) is -3.44. The van der Waals surface area contributed by atoms with E-state index in [9.17, 15) is 27.2 Å². The van der Waals surface area contributed by atoms with Crippen molar-refractivity contribution in [2.24, 2.45) is 5.92 Å². The molecule has 2 heterocycles. The van der Waals surface area contributed by atoms with Gasteiger partial charge in [0.15, 0.2) is 5.78 Å². The molecule has 2 fully saturated rings. The van der Waals surface area contributed by atoms with E-state index in [1.54, 1.807) is 4.90 Å². The zero-order chi connectivity index (χ0) is 22.2. The lowest BCUT2D eigenvalue weighted by Gasteiger charge is -2.37. The molecule has 2 aromatic rings. The number of nitrogens with zero attached hydrogens (tertiary/aromatic N) is 1. The molecule has 0 N–H and O–H groups in total. The molecule has 4 nitrogen and oxygen atoms in total. The molecule has 2 unspecified atom stereocenters. The summed E-state index contributed by atoms with van der Waals surface area (Å²) in [6, 6.07) is 10.6. The number of ether oxygens (including phenoxy) is 1. The van der Waals surface area contributed by atoms with Gasteiger partial charge in [0.25, 0.3) is 0 Å². The third-order valence-electron chi connectivity index (χ3n) is 6.07. The van der Waals surface area contributed by atoms with Crippen LogP contribution in [0.15, 0.2) is 48.5 Å². The summed E-state index contributed by atoms with van der Waals surface area (Å²) in [5, 5.41) is 0. The van der Waals surface area contributed by atoms with Gasteiger partial charge in [-0.2, -0.15) is 13.2 Å². The van der Waals surface area contributed by atoms with Crippen molar-refractivity contribution >= 4 is 11.9 Å². The molecule has 164 valence electrons. The third-order valence-corrected chi connectivity index (χ3v) is 6.07. The normalized spacial score (nSPS) is 23.0. The molecule has 0 saturated carbocycles. The van der Waals surface area contributed by atoms with Gasteiger partial charge in [-0.1, -0.05) is 30.3 Å².